The van der Waals surface area contributed by atoms with Crippen LogP contribution in [-0.4, -0.2) is 29.4 Å². The first-order valence-corrected chi connectivity index (χ1v) is 9.15. The van der Waals surface area contributed by atoms with E-state index in [0.717, 1.165) is 25.8 Å². The Morgan fingerprint density at radius 2 is 1.87 bits per heavy atom. The normalized spacial score (nSPS) is 28.7. The standard InChI is InChI=1S/C20H30N2O/c1-13(2)15-7-9-16(10-8-15)17-12-18(17)20(23)22-11-5-4-6-19(22)14(3)21/h7-10,13-14,17-19H,4-6,11-12,21H2,1-3H3. The number of carbonyl (C=O) groups is 1. The van der Waals surface area contributed by atoms with Gasteiger partial charge in [0.1, 0.15) is 0 Å². The molecular weight excluding hydrogens is 284 g/mol. The van der Waals surface area contributed by atoms with E-state index in [9.17, 15) is 4.79 Å². The predicted molar refractivity (Wildman–Crippen MR) is 94.4 cm³/mol. The molecule has 0 bridgehead atoms. The maximum Gasteiger partial charge on any atom is 0.226 e. The molecule has 1 aromatic carbocycles. The predicted octanol–water partition coefficient (Wildman–Crippen LogP) is 3.64. The lowest BCUT2D eigenvalue weighted by Crippen LogP contribution is -2.52. The monoisotopic (exact) mass is 314 g/mol. The molecule has 3 heteroatoms. The number of nitrogens with two attached hydrogens (primary N) is 1. The maximum absolute atomic E-state index is 12.9. The zero-order valence-electron chi connectivity index (χ0n) is 14.7. The zero-order valence-corrected chi connectivity index (χ0v) is 14.7. The van der Waals surface area contributed by atoms with Crippen molar-refractivity contribution in [2.45, 2.75) is 70.4 Å². The molecule has 126 valence electrons. The lowest BCUT2D eigenvalue weighted by atomic mass is 9.96. The number of nitrogens with zero attached hydrogens (tertiary/aromatic N) is 1. The molecule has 3 rings (SSSR count). The summed E-state index contributed by atoms with van der Waals surface area (Å²) in [6, 6.07) is 9.17. The van der Waals surface area contributed by atoms with E-state index in [1.54, 1.807) is 0 Å². The molecule has 2 fully saturated rings. The highest BCUT2D eigenvalue weighted by Gasteiger charge is 2.47. The summed E-state index contributed by atoms with van der Waals surface area (Å²) in [5, 5.41) is 0. The van der Waals surface area contributed by atoms with Crippen molar-refractivity contribution in [2.24, 2.45) is 11.7 Å². The molecule has 0 spiro atoms. The minimum atomic E-state index is 0.0711. The quantitative estimate of drug-likeness (QED) is 0.922. The Balaban J connectivity index is 1.66. The summed E-state index contributed by atoms with van der Waals surface area (Å²) in [5.41, 5.74) is 8.80. The highest BCUT2D eigenvalue weighted by Crippen LogP contribution is 2.49. The van der Waals surface area contributed by atoms with Gasteiger partial charge in [0.2, 0.25) is 5.91 Å². The first kappa shape index (κ1) is 16.5. The number of piperidine rings is 1. The van der Waals surface area contributed by atoms with Crippen molar-refractivity contribution in [3.05, 3.63) is 35.4 Å². The van der Waals surface area contributed by atoms with Gasteiger partial charge in [0.25, 0.3) is 0 Å². The van der Waals surface area contributed by atoms with Gasteiger partial charge in [-0.05, 0) is 55.6 Å². The Kier molecular flexibility index (Phi) is 4.77. The van der Waals surface area contributed by atoms with Gasteiger partial charge in [-0.1, -0.05) is 38.1 Å². The van der Waals surface area contributed by atoms with E-state index in [0.29, 0.717) is 17.7 Å². The molecule has 1 aliphatic heterocycles. The molecule has 4 atom stereocenters. The van der Waals surface area contributed by atoms with Gasteiger partial charge in [-0.2, -0.15) is 0 Å². The Labute approximate surface area is 140 Å². The number of likely N-dealkylation sites (tertiary alicyclic amines) is 1. The summed E-state index contributed by atoms with van der Waals surface area (Å²) in [6.45, 7) is 7.34. The molecule has 3 nitrogen and oxygen atoms in total. The van der Waals surface area contributed by atoms with Crippen LogP contribution in [0.5, 0.6) is 0 Å². The van der Waals surface area contributed by atoms with E-state index in [2.05, 4.69) is 43.0 Å². The topological polar surface area (TPSA) is 46.3 Å². The van der Waals surface area contributed by atoms with Gasteiger partial charge >= 0.3 is 0 Å². The smallest absolute Gasteiger partial charge is 0.226 e. The Hall–Kier alpha value is -1.35. The van der Waals surface area contributed by atoms with Gasteiger partial charge in [0.05, 0.1) is 0 Å². The second-order valence-electron chi connectivity index (χ2n) is 7.72. The summed E-state index contributed by atoms with van der Waals surface area (Å²) in [7, 11) is 0. The summed E-state index contributed by atoms with van der Waals surface area (Å²) in [6.07, 6.45) is 4.38. The molecule has 1 heterocycles. The van der Waals surface area contributed by atoms with Crippen LogP contribution in [0, 0.1) is 5.92 Å². The van der Waals surface area contributed by atoms with Crippen LogP contribution in [0.25, 0.3) is 0 Å². The van der Waals surface area contributed by atoms with Crippen molar-refractivity contribution in [3.8, 4) is 0 Å². The molecule has 1 aromatic rings. The number of carbonyl (C=O) groups excluding carboxylic acids is 1. The van der Waals surface area contributed by atoms with E-state index >= 15 is 0 Å². The SMILES string of the molecule is CC(C)c1ccc(C2CC2C(=O)N2CCCCC2C(C)N)cc1. The van der Waals surface area contributed by atoms with Gasteiger partial charge in [0, 0.05) is 24.5 Å². The van der Waals surface area contributed by atoms with Crippen LogP contribution in [0.1, 0.15) is 69.4 Å². The van der Waals surface area contributed by atoms with Crippen LogP contribution in [-0.2, 0) is 4.79 Å². The number of hydrogen-bond acceptors (Lipinski definition) is 2. The summed E-state index contributed by atoms with van der Waals surface area (Å²) >= 11 is 0. The van der Waals surface area contributed by atoms with Gasteiger partial charge in [0.15, 0.2) is 0 Å². The van der Waals surface area contributed by atoms with Gasteiger partial charge in [-0.25, -0.2) is 0 Å². The van der Waals surface area contributed by atoms with Crippen LogP contribution in [0.4, 0.5) is 0 Å². The fourth-order valence-corrected chi connectivity index (χ4v) is 3.96. The molecule has 0 radical (unpaired) electrons. The van der Waals surface area contributed by atoms with Crippen LogP contribution in [0.15, 0.2) is 24.3 Å². The van der Waals surface area contributed by atoms with Crippen molar-refractivity contribution >= 4 is 5.91 Å². The van der Waals surface area contributed by atoms with Crippen LogP contribution >= 0.6 is 0 Å². The van der Waals surface area contributed by atoms with Gasteiger partial charge in [-0.3, -0.25) is 4.79 Å². The van der Waals surface area contributed by atoms with Crippen molar-refractivity contribution in [2.75, 3.05) is 6.54 Å². The first-order chi connectivity index (χ1) is 11.0. The number of hydrogen-bond donors (Lipinski definition) is 1. The third kappa shape index (κ3) is 3.45. The molecule has 4 unspecified atom stereocenters. The fraction of sp³-hybridized carbons (Fsp3) is 0.650. The lowest BCUT2D eigenvalue weighted by molar-refractivity contribution is -0.136. The Morgan fingerprint density at radius 1 is 1.17 bits per heavy atom. The number of amides is 1. The molecule has 1 saturated heterocycles. The van der Waals surface area contributed by atoms with E-state index in [4.69, 9.17) is 5.73 Å². The fourth-order valence-electron chi connectivity index (χ4n) is 3.96. The minimum absolute atomic E-state index is 0.0711. The van der Waals surface area contributed by atoms with Crippen molar-refractivity contribution in [1.29, 1.82) is 0 Å². The molecular formula is C20H30N2O. The molecule has 23 heavy (non-hydrogen) atoms. The third-order valence-electron chi connectivity index (χ3n) is 5.58. The number of rotatable bonds is 4. The number of benzene rings is 1. The van der Waals surface area contributed by atoms with Gasteiger partial charge < -0.3 is 10.6 Å². The Morgan fingerprint density at radius 3 is 2.48 bits per heavy atom. The molecule has 2 aliphatic rings. The van der Waals surface area contributed by atoms with Crippen molar-refractivity contribution < 1.29 is 4.79 Å². The minimum Gasteiger partial charge on any atom is -0.338 e. The highest BCUT2D eigenvalue weighted by molar-refractivity contribution is 5.83. The lowest BCUT2D eigenvalue weighted by Gasteiger charge is -2.38. The summed E-state index contributed by atoms with van der Waals surface area (Å²) < 4.78 is 0. The molecule has 1 aliphatic carbocycles. The molecule has 0 aromatic heterocycles. The maximum atomic E-state index is 12.9. The first-order valence-electron chi connectivity index (χ1n) is 9.15. The largest absolute Gasteiger partial charge is 0.338 e. The average Bonchev–Trinajstić information content (AvgIpc) is 3.35. The zero-order chi connectivity index (χ0) is 16.6. The van der Waals surface area contributed by atoms with E-state index in [1.165, 1.54) is 17.5 Å². The summed E-state index contributed by atoms with van der Waals surface area (Å²) in [4.78, 5) is 15.0. The second-order valence-corrected chi connectivity index (χ2v) is 7.72. The van der Waals surface area contributed by atoms with E-state index in [-0.39, 0.29) is 18.0 Å². The molecule has 2 N–H and O–H groups in total. The van der Waals surface area contributed by atoms with Crippen LogP contribution in [0.3, 0.4) is 0 Å². The van der Waals surface area contributed by atoms with Crippen LogP contribution in [0.2, 0.25) is 0 Å². The third-order valence-corrected chi connectivity index (χ3v) is 5.58. The van der Waals surface area contributed by atoms with Crippen molar-refractivity contribution in [1.82, 2.24) is 4.90 Å². The van der Waals surface area contributed by atoms with Gasteiger partial charge in [-0.15, -0.1) is 0 Å². The van der Waals surface area contributed by atoms with Crippen molar-refractivity contribution in [3.63, 3.8) is 0 Å². The molecule has 1 saturated carbocycles. The molecule has 1 amide bonds. The Bertz CT molecular complexity index is 549. The van der Waals surface area contributed by atoms with E-state index in [1.807, 2.05) is 6.92 Å². The second kappa shape index (κ2) is 6.64. The van der Waals surface area contributed by atoms with E-state index < -0.39 is 0 Å². The highest BCUT2D eigenvalue weighted by atomic mass is 16.2. The summed E-state index contributed by atoms with van der Waals surface area (Å²) in [5.74, 6) is 1.49. The van der Waals surface area contributed by atoms with Crippen LogP contribution < -0.4 is 5.73 Å². The average molecular weight is 314 g/mol.